The van der Waals surface area contributed by atoms with Gasteiger partial charge < -0.3 is 15.7 Å². The number of hydrogen-bond donors (Lipinski definition) is 2. The molecule has 3 N–H and O–H groups in total. The zero-order valence-corrected chi connectivity index (χ0v) is 9.47. The number of β-amino-alcohol motifs (C(OH)–C–C–N with tert-alkyl or cyclic N) is 1. The number of aliphatic hydroxyl groups is 1. The minimum atomic E-state index is -0.577. The maximum absolute atomic E-state index is 11.3. The van der Waals surface area contributed by atoms with Gasteiger partial charge in [0.15, 0.2) is 0 Å². The molecule has 17 heavy (non-hydrogen) atoms. The summed E-state index contributed by atoms with van der Waals surface area (Å²) < 4.78 is 0. The van der Waals surface area contributed by atoms with Gasteiger partial charge in [-0.15, -0.1) is 0 Å². The van der Waals surface area contributed by atoms with E-state index in [-0.39, 0.29) is 0 Å². The van der Waals surface area contributed by atoms with Crippen molar-refractivity contribution in [2.75, 3.05) is 18.0 Å². The molecule has 5 nitrogen and oxygen atoms in total. The first-order valence-corrected chi connectivity index (χ1v) is 5.82. The molecule has 1 saturated carbocycles. The van der Waals surface area contributed by atoms with E-state index in [2.05, 4.69) is 4.98 Å². The molecule has 2 aliphatic rings. The van der Waals surface area contributed by atoms with Crippen molar-refractivity contribution in [3.8, 4) is 0 Å². The van der Waals surface area contributed by atoms with Crippen molar-refractivity contribution in [3.63, 3.8) is 0 Å². The van der Waals surface area contributed by atoms with Crippen LogP contribution in [0.2, 0.25) is 0 Å². The van der Waals surface area contributed by atoms with Crippen molar-refractivity contribution in [3.05, 3.63) is 23.9 Å². The predicted octanol–water partition coefficient (Wildman–Crippen LogP) is 0.142. The smallest absolute Gasteiger partial charge is 0.252 e. The summed E-state index contributed by atoms with van der Waals surface area (Å²) in [6, 6.07) is 3.36. The summed E-state index contributed by atoms with van der Waals surface area (Å²) >= 11 is 0. The van der Waals surface area contributed by atoms with Gasteiger partial charge in [0.2, 0.25) is 0 Å². The van der Waals surface area contributed by atoms with Gasteiger partial charge in [0.25, 0.3) is 5.91 Å². The van der Waals surface area contributed by atoms with E-state index in [1.54, 1.807) is 18.3 Å². The first-order chi connectivity index (χ1) is 8.10. The van der Waals surface area contributed by atoms with Crippen LogP contribution in [0.25, 0.3) is 0 Å². The highest BCUT2D eigenvalue weighted by Gasteiger charge is 2.52. The number of carbonyl (C=O) groups is 1. The molecule has 2 fully saturated rings. The molecule has 1 aromatic rings. The van der Waals surface area contributed by atoms with Crippen LogP contribution in [0.4, 0.5) is 5.82 Å². The Hall–Kier alpha value is -1.62. The number of pyridine rings is 1. The van der Waals surface area contributed by atoms with Crippen molar-refractivity contribution in [1.82, 2.24) is 4.98 Å². The van der Waals surface area contributed by atoms with Gasteiger partial charge in [-0.25, -0.2) is 4.98 Å². The van der Waals surface area contributed by atoms with Crippen LogP contribution in [0.15, 0.2) is 18.3 Å². The number of aromatic nitrogens is 1. The van der Waals surface area contributed by atoms with Gasteiger partial charge in [0.1, 0.15) is 11.4 Å². The van der Waals surface area contributed by atoms with Gasteiger partial charge in [0.05, 0.1) is 18.7 Å². The van der Waals surface area contributed by atoms with Gasteiger partial charge in [-0.3, -0.25) is 4.79 Å². The van der Waals surface area contributed by atoms with E-state index in [9.17, 15) is 9.90 Å². The second-order valence-corrected chi connectivity index (χ2v) is 4.97. The van der Waals surface area contributed by atoms with Gasteiger partial charge in [-0.1, -0.05) is 0 Å². The lowest BCUT2D eigenvalue weighted by atomic mass is 9.88. The second-order valence-electron chi connectivity index (χ2n) is 4.97. The summed E-state index contributed by atoms with van der Waals surface area (Å²) in [5, 5.41) is 10.2. The molecule has 3 rings (SSSR count). The topological polar surface area (TPSA) is 79.5 Å². The molecule has 90 valence electrons. The lowest BCUT2D eigenvalue weighted by Gasteiger charge is -2.48. The van der Waals surface area contributed by atoms with Crippen molar-refractivity contribution in [2.45, 2.75) is 18.4 Å². The van der Waals surface area contributed by atoms with E-state index < -0.39 is 11.5 Å². The average molecular weight is 233 g/mol. The van der Waals surface area contributed by atoms with Gasteiger partial charge >= 0.3 is 0 Å². The third-order valence-corrected chi connectivity index (χ3v) is 3.62. The summed E-state index contributed by atoms with van der Waals surface area (Å²) in [4.78, 5) is 17.4. The molecule has 1 aliphatic carbocycles. The van der Waals surface area contributed by atoms with Gasteiger partial charge in [-0.05, 0) is 30.9 Å². The van der Waals surface area contributed by atoms with Crippen molar-refractivity contribution in [2.24, 2.45) is 11.7 Å². The van der Waals surface area contributed by atoms with E-state index >= 15 is 0 Å². The van der Waals surface area contributed by atoms with Crippen molar-refractivity contribution in [1.29, 1.82) is 0 Å². The molecular formula is C12H15N3O2. The van der Waals surface area contributed by atoms with Crippen LogP contribution >= 0.6 is 0 Å². The number of anilines is 1. The molecule has 1 aliphatic heterocycles. The van der Waals surface area contributed by atoms with Gasteiger partial charge in [0, 0.05) is 6.20 Å². The quantitative estimate of drug-likeness (QED) is 0.778. The molecule has 2 heterocycles. The normalized spacial score (nSPS) is 22.1. The Balaban J connectivity index is 1.80. The fourth-order valence-electron chi connectivity index (χ4n) is 2.48. The van der Waals surface area contributed by atoms with E-state index in [0.29, 0.717) is 30.4 Å². The van der Waals surface area contributed by atoms with Crippen LogP contribution in [0.5, 0.6) is 0 Å². The zero-order chi connectivity index (χ0) is 12.0. The number of hydrogen-bond acceptors (Lipinski definition) is 4. The zero-order valence-electron chi connectivity index (χ0n) is 9.47. The van der Waals surface area contributed by atoms with Crippen molar-refractivity contribution < 1.29 is 9.90 Å². The van der Waals surface area contributed by atoms with Crippen LogP contribution in [-0.2, 0) is 0 Å². The summed E-state index contributed by atoms with van der Waals surface area (Å²) in [5.74, 6) is 0.541. The van der Waals surface area contributed by atoms with Crippen LogP contribution in [0.3, 0.4) is 0 Å². The molecule has 0 aromatic carbocycles. The van der Waals surface area contributed by atoms with E-state index in [0.717, 1.165) is 12.8 Å². The Morgan fingerprint density at radius 1 is 1.53 bits per heavy atom. The summed E-state index contributed by atoms with van der Waals surface area (Å²) in [7, 11) is 0. The SMILES string of the molecule is NC(=O)c1cccnc1N1CC(O)(C2CC2)C1. The Labute approximate surface area is 99.2 Å². The maximum atomic E-state index is 11.3. The molecule has 0 unspecified atom stereocenters. The number of primary amides is 1. The Morgan fingerprint density at radius 2 is 2.24 bits per heavy atom. The fraction of sp³-hybridized carbons (Fsp3) is 0.500. The van der Waals surface area contributed by atoms with Crippen LogP contribution < -0.4 is 10.6 Å². The highest BCUT2D eigenvalue weighted by atomic mass is 16.3. The number of amides is 1. The molecule has 0 atom stereocenters. The molecule has 0 spiro atoms. The second kappa shape index (κ2) is 3.43. The maximum Gasteiger partial charge on any atom is 0.252 e. The minimum Gasteiger partial charge on any atom is -0.386 e. The largest absolute Gasteiger partial charge is 0.386 e. The number of carbonyl (C=O) groups excluding carboxylic acids is 1. The molecule has 1 saturated heterocycles. The molecule has 0 bridgehead atoms. The Bertz CT molecular complexity index is 465. The highest BCUT2D eigenvalue weighted by Crippen LogP contribution is 2.45. The van der Waals surface area contributed by atoms with Crippen LogP contribution in [0, 0.1) is 5.92 Å². The first-order valence-electron chi connectivity index (χ1n) is 5.82. The molecule has 1 aromatic heterocycles. The van der Waals surface area contributed by atoms with Gasteiger partial charge in [-0.2, -0.15) is 0 Å². The number of nitrogens with zero attached hydrogens (tertiary/aromatic N) is 2. The Kier molecular flexibility index (Phi) is 2.13. The van der Waals surface area contributed by atoms with E-state index in [1.165, 1.54) is 0 Å². The average Bonchev–Trinajstić information content (AvgIpc) is 3.08. The van der Waals surface area contributed by atoms with Crippen LogP contribution in [-0.4, -0.2) is 34.7 Å². The highest BCUT2D eigenvalue weighted by molar-refractivity contribution is 5.97. The first kappa shape index (κ1) is 10.5. The standard InChI is InChI=1S/C12H15N3O2/c13-10(16)9-2-1-5-14-11(9)15-6-12(17,7-15)8-3-4-8/h1-2,5,8,17H,3-4,6-7H2,(H2,13,16). The summed E-state index contributed by atoms with van der Waals surface area (Å²) in [5.41, 5.74) is 5.15. The van der Waals surface area contributed by atoms with Crippen molar-refractivity contribution >= 4 is 11.7 Å². The minimum absolute atomic E-state index is 0.422. The molecule has 1 amide bonds. The number of rotatable bonds is 3. The third-order valence-electron chi connectivity index (χ3n) is 3.62. The number of nitrogens with two attached hydrogens (primary N) is 1. The summed E-state index contributed by atoms with van der Waals surface area (Å²) in [6.07, 6.45) is 3.85. The Morgan fingerprint density at radius 3 is 2.82 bits per heavy atom. The lowest BCUT2D eigenvalue weighted by Crippen LogP contribution is -2.64. The molecular weight excluding hydrogens is 218 g/mol. The fourth-order valence-corrected chi connectivity index (χ4v) is 2.48. The lowest BCUT2D eigenvalue weighted by molar-refractivity contribution is -0.00983. The third kappa shape index (κ3) is 1.67. The molecule has 5 heteroatoms. The monoisotopic (exact) mass is 233 g/mol. The summed E-state index contributed by atoms with van der Waals surface area (Å²) in [6.45, 7) is 1.10. The molecule has 0 radical (unpaired) electrons. The van der Waals surface area contributed by atoms with E-state index in [4.69, 9.17) is 5.73 Å². The van der Waals surface area contributed by atoms with Crippen LogP contribution in [0.1, 0.15) is 23.2 Å². The predicted molar refractivity (Wildman–Crippen MR) is 62.6 cm³/mol. The van der Waals surface area contributed by atoms with E-state index in [1.807, 2.05) is 4.90 Å².